The number of nitrogens with one attached hydrogen (secondary N) is 1. The third-order valence-corrected chi connectivity index (χ3v) is 2.81. The zero-order valence-electron chi connectivity index (χ0n) is 6.73. The van der Waals surface area contributed by atoms with E-state index in [0.717, 1.165) is 3.79 Å². The van der Waals surface area contributed by atoms with Gasteiger partial charge in [0.05, 0.1) is 9.76 Å². The maximum Gasteiger partial charge on any atom is 0.220 e. The van der Waals surface area contributed by atoms with E-state index in [1.54, 1.807) is 12.1 Å². The summed E-state index contributed by atoms with van der Waals surface area (Å²) in [6, 6.07) is 3.50. The molecule has 0 amide bonds. The number of halogens is 1. The van der Waals surface area contributed by atoms with Gasteiger partial charge < -0.3 is 9.90 Å². The molecule has 0 unspecified atom stereocenters. The maximum atomic E-state index is 10.5. The van der Waals surface area contributed by atoms with Crippen molar-refractivity contribution in [2.75, 3.05) is 0 Å². The molecule has 0 aliphatic heterocycles. The Kier molecular flexibility index (Phi) is 3.70. The van der Waals surface area contributed by atoms with E-state index in [1.165, 1.54) is 17.4 Å². The molecule has 0 aromatic carbocycles. The molecule has 0 fully saturated rings. The van der Waals surface area contributed by atoms with E-state index in [4.69, 9.17) is 5.53 Å². The molecule has 0 bridgehead atoms. The van der Waals surface area contributed by atoms with Crippen molar-refractivity contribution in [3.8, 4) is 0 Å². The molecule has 0 aliphatic rings. The van der Waals surface area contributed by atoms with Crippen molar-refractivity contribution in [3.63, 3.8) is 0 Å². The van der Waals surface area contributed by atoms with Crippen LogP contribution in [0.5, 0.6) is 0 Å². The van der Waals surface area contributed by atoms with E-state index >= 15 is 0 Å². The molecule has 1 N–H and O–H groups in total. The van der Waals surface area contributed by atoms with E-state index in [1.807, 2.05) is 0 Å². The summed E-state index contributed by atoms with van der Waals surface area (Å²) in [7, 11) is 0. The molecule has 5 nitrogen and oxygen atoms in total. The number of carbonyl (C=O) groups is 1. The van der Waals surface area contributed by atoms with E-state index in [-0.39, 0.29) is 5.70 Å². The summed E-state index contributed by atoms with van der Waals surface area (Å²) < 4.78 is 0.879. The summed E-state index contributed by atoms with van der Waals surface area (Å²) in [4.78, 5) is 13.8. The second-order valence-electron chi connectivity index (χ2n) is 2.16. The quantitative estimate of drug-likeness (QED) is 0.509. The van der Waals surface area contributed by atoms with Crippen molar-refractivity contribution in [2.45, 2.75) is 0 Å². The summed E-state index contributed by atoms with van der Waals surface area (Å²) in [6.45, 7) is 0. The largest absolute Gasteiger partial charge is 0.543 e. The molecule has 1 heterocycles. The highest BCUT2D eigenvalue weighted by Crippen LogP contribution is 2.24. The van der Waals surface area contributed by atoms with Gasteiger partial charge in [-0.2, -0.15) is 0 Å². The highest BCUT2D eigenvalue weighted by molar-refractivity contribution is 9.11. The van der Waals surface area contributed by atoms with Crippen LogP contribution in [0.1, 0.15) is 4.88 Å². The summed E-state index contributed by atoms with van der Waals surface area (Å²) in [5.41, 5.74) is 6.05. The van der Waals surface area contributed by atoms with Crippen LogP contribution >= 0.6 is 27.3 Å². The molecule has 0 atom stereocenters. The Labute approximate surface area is 91.4 Å². The van der Waals surface area contributed by atoms with Crippen LogP contribution in [-0.4, -0.2) is 5.97 Å². The fraction of sp³-hybridized carbons (Fsp3) is 0. The van der Waals surface area contributed by atoms with Crippen LogP contribution in [0.4, 0.5) is 0 Å². The lowest BCUT2D eigenvalue weighted by molar-refractivity contribution is -0.299. The summed E-state index contributed by atoms with van der Waals surface area (Å²) in [5, 5.41) is 13.6. The number of nitrogens with zero attached hydrogens (tertiary/aromatic N) is 2. The molecule has 14 heavy (non-hydrogen) atoms. The number of rotatable bonds is 3. The molecule has 1 aromatic rings. The zero-order valence-corrected chi connectivity index (χ0v) is 9.13. The highest BCUT2D eigenvalue weighted by Gasteiger charge is 2.04. The van der Waals surface area contributed by atoms with Crippen LogP contribution in [-0.2, 0) is 4.79 Å². The minimum atomic E-state index is -1.45. The van der Waals surface area contributed by atoms with Gasteiger partial charge in [0.2, 0.25) is 4.91 Å². The number of carbonyl (C=O) groups excluding carboxylic acids is 1. The van der Waals surface area contributed by atoms with Gasteiger partial charge in [0.25, 0.3) is 0 Å². The fourth-order valence-corrected chi connectivity index (χ4v) is 2.08. The average Bonchev–Trinajstić information content (AvgIpc) is 2.50. The minimum Gasteiger partial charge on any atom is -0.543 e. The third kappa shape index (κ3) is 2.88. The van der Waals surface area contributed by atoms with Gasteiger partial charge in [-0.15, -0.1) is 11.3 Å². The smallest absolute Gasteiger partial charge is 0.220 e. The molecule has 0 saturated carbocycles. The lowest BCUT2D eigenvalue weighted by Crippen LogP contribution is -2.23. The zero-order chi connectivity index (χ0) is 10.6. The normalized spacial score (nSPS) is 10.8. The Morgan fingerprint density at radius 2 is 2.43 bits per heavy atom. The van der Waals surface area contributed by atoms with Gasteiger partial charge in [0, 0.05) is 4.88 Å². The molecular formula is C7H4BrN3O2S. The van der Waals surface area contributed by atoms with Crippen molar-refractivity contribution < 1.29 is 9.90 Å². The standard InChI is InChI=1S/C7H4BrN3O2S/c8-6-2-1-4(14-6)3-5(7(12)13)10-11-9/h1-3,9H. The number of carboxylic acids is 1. The molecule has 0 saturated heterocycles. The first-order chi connectivity index (χ1) is 6.63. The molecule has 0 radical (unpaired) electrons. The van der Waals surface area contributed by atoms with Crippen molar-refractivity contribution in [1.29, 1.82) is 5.53 Å². The van der Waals surface area contributed by atoms with Gasteiger partial charge in [-0.05, 0) is 34.1 Å². The molecular weight excluding hydrogens is 270 g/mol. The van der Waals surface area contributed by atoms with Crippen LogP contribution in [0.15, 0.2) is 26.7 Å². The number of carboxylic acid groups (broad SMARTS) is 1. The topological polar surface area (TPSA) is 90.4 Å². The predicted octanol–water partition coefficient (Wildman–Crippen LogP) is 1.15. The van der Waals surface area contributed by atoms with Crippen molar-refractivity contribution >= 4 is 39.3 Å². The second-order valence-corrected chi connectivity index (χ2v) is 4.65. The molecule has 1 rings (SSSR count). The van der Waals surface area contributed by atoms with Gasteiger partial charge in [-0.1, -0.05) is 0 Å². The lowest BCUT2D eigenvalue weighted by Gasteiger charge is -1.93. The van der Waals surface area contributed by atoms with E-state index in [9.17, 15) is 9.90 Å². The van der Waals surface area contributed by atoms with Crippen LogP contribution in [0.2, 0.25) is 0 Å². The first-order valence-electron chi connectivity index (χ1n) is 3.39. The Morgan fingerprint density at radius 1 is 1.71 bits per heavy atom. The van der Waals surface area contributed by atoms with Crippen LogP contribution in [0.3, 0.4) is 0 Å². The van der Waals surface area contributed by atoms with Gasteiger partial charge in [0.1, 0.15) is 5.53 Å². The van der Waals surface area contributed by atoms with E-state index < -0.39 is 5.97 Å². The van der Waals surface area contributed by atoms with Crippen LogP contribution in [0, 0.1) is 5.53 Å². The van der Waals surface area contributed by atoms with Gasteiger partial charge in [-0.25, -0.2) is 0 Å². The molecule has 7 heteroatoms. The van der Waals surface area contributed by atoms with Gasteiger partial charge in [-0.3, -0.25) is 0 Å². The van der Waals surface area contributed by atoms with E-state index in [2.05, 4.69) is 26.0 Å². The first kappa shape index (κ1) is 10.8. The Morgan fingerprint density at radius 3 is 2.86 bits per heavy atom. The Hall–Kier alpha value is -1.30. The molecule has 72 valence electrons. The monoisotopic (exact) mass is 273 g/mol. The lowest BCUT2D eigenvalue weighted by atomic mass is 10.3. The number of hydrogen-bond acceptors (Lipinski definition) is 5. The van der Waals surface area contributed by atoms with Crippen molar-refractivity contribution in [2.24, 2.45) is 5.11 Å². The predicted molar refractivity (Wildman–Crippen MR) is 52.3 cm³/mol. The fourth-order valence-electron chi connectivity index (χ4n) is 0.723. The number of aliphatic carboxylic acids is 1. The third-order valence-electron chi connectivity index (χ3n) is 1.24. The summed E-state index contributed by atoms with van der Waals surface area (Å²) in [6.07, 6.45) is 1.29. The van der Waals surface area contributed by atoms with Crippen molar-refractivity contribution in [1.82, 2.24) is 4.91 Å². The number of hydrogen-bond donors (Lipinski definition) is 1. The molecule has 0 spiro atoms. The van der Waals surface area contributed by atoms with E-state index in [0.29, 0.717) is 4.88 Å². The number of thiophene rings is 1. The highest BCUT2D eigenvalue weighted by atomic mass is 79.9. The Bertz CT molecular complexity index is 430. The van der Waals surface area contributed by atoms with Gasteiger partial charge >= 0.3 is 0 Å². The maximum absolute atomic E-state index is 10.5. The van der Waals surface area contributed by atoms with Crippen LogP contribution in [0.25, 0.3) is 6.08 Å². The van der Waals surface area contributed by atoms with Gasteiger partial charge in [0.15, 0.2) is 10.8 Å². The first-order valence-corrected chi connectivity index (χ1v) is 5.00. The summed E-state index contributed by atoms with van der Waals surface area (Å²) >= 11 is 4.58. The SMILES string of the molecule is N=[N+]=NC(=Cc1ccc(Br)s1)C(=O)[O-]. The Balaban J connectivity index is 3.04. The second kappa shape index (κ2) is 4.80. The molecule has 1 aromatic heterocycles. The average molecular weight is 274 g/mol. The molecule has 0 aliphatic carbocycles. The van der Waals surface area contributed by atoms with Crippen molar-refractivity contribution in [3.05, 3.63) is 26.5 Å². The summed E-state index contributed by atoms with van der Waals surface area (Å²) in [5.74, 6) is -1.45. The minimum absolute atomic E-state index is 0.366. The van der Waals surface area contributed by atoms with Crippen LogP contribution < -0.4 is 10.0 Å².